The Kier molecular flexibility index (Phi) is 7.54. The van der Waals surface area contributed by atoms with Gasteiger partial charge in [-0.2, -0.15) is 8.42 Å². The van der Waals surface area contributed by atoms with Crippen LogP contribution in [-0.4, -0.2) is 53.1 Å². The van der Waals surface area contributed by atoms with Crippen molar-refractivity contribution in [2.24, 2.45) is 17.0 Å². The fourth-order valence-corrected chi connectivity index (χ4v) is 5.34. The largest absolute Gasteiger partial charge is 0.393 e. The molecular formula is C21H23ClN4O6S2. The molecular weight excluding hydrogens is 504 g/mol. The Hall–Kier alpha value is -2.11. The van der Waals surface area contributed by atoms with Crippen molar-refractivity contribution in [2.75, 3.05) is 11.9 Å². The second-order valence-corrected chi connectivity index (χ2v) is 11.2. The van der Waals surface area contributed by atoms with Crippen molar-refractivity contribution in [3.05, 3.63) is 38.9 Å². The van der Waals surface area contributed by atoms with Crippen LogP contribution in [-0.2, 0) is 14.5 Å². The fraction of sp³-hybridized carbons (Fsp3) is 0.476. The summed E-state index contributed by atoms with van der Waals surface area (Å²) in [5.41, 5.74) is 0.579. The van der Waals surface area contributed by atoms with E-state index < -0.39 is 28.4 Å². The average Bonchev–Trinajstić information content (AvgIpc) is 3.43. The van der Waals surface area contributed by atoms with E-state index in [1.54, 1.807) is 0 Å². The third-order valence-corrected chi connectivity index (χ3v) is 7.49. The van der Waals surface area contributed by atoms with Crippen molar-refractivity contribution in [3.8, 4) is 11.8 Å². The molecule has 2 heterocycles. The van der Waals surface area contributed by atoms with Gasteiger partial charge < -0.3 is 15.5 Å². The molecule has 0 saturated heterocycles. The van der Waals surface area contributed by atoms with Gasteiger partial charge in [-0.1, -0.05) is 23.4 Å². The first-order valence-corrected chi connectivity index (χ1v) is 13.2. The molecule has 4 atom stereocenters. The van der Waals surface area contributed by atoms with Crippen molar-refractivity contribution < 1.29 is 27.6 Å². The topological polar surface area (TPSA) is 165 Å². The van der Waals surface area contributed by atoms with E-state index in [1.165, 1.54) is 18.6 Å². The first kappa shape index (κ1) is 25.0. The van der Waals surface area contributed by atoms with Crippen molar-refractivity contribution in [3.63, 3.8) is 0 Å². The number of rotatable bonds is 8. The standard InChI is InChI=1S/C21H23ClN4O6S2/c22-20-14(16(27)4-3-11-1-2-11)7-18(33-20)19(29)15-8-24-10-25-21(15)26-13-5-12(17(28)6-13)9-32-34(23,30)31/h7-8,10-13,16-17,27-28H,1-2,5-6,9H2,(H2,23,30,31)(H,24,25,26)/t12-,13-,16-,17+/m1/s1. The highest BCUT2D eigenvalue weighted by Crippen LogP contribution is 2.35. The van der Waals surface area contributed by atoms with Crippen LogP contribution in [0.25, 0.3) is 0 Å². The van der Waals surface area contributed by atoms with Gasteiger partial charge in [0.15, 0.2) is 0 Å². The van der Waals surface area contributed by atoms with Gasteiger partial charge in [0.05, 0.1) is 23.2 Å². The maximum Gasteiger partial charge on any atom is 0.333 e. The number of carbonyl (C=O) groups excluding carboxylic acids is 1. The number of thiophene rings is 1. The number of nitrogens with one attached hydrogen (secondary N) is 1. The van der Waals surface area contributed by atoms with E-state index in [0.29, 0.717) is 29.2 Å². The van der Waals surface area contributed by atoms with Crippen LogP contribution in [0.1, 0.15) is 52.6 Å². The number of nitrogens with zero attached hydrogens (tertiary/aromatic N) is 2. The fourth-order valence-electron chi connectivity index (χ4n) is 3.70. The van der Waals surface area contributed by atoms with Gasteiger partial charge >= 0.3 is 10.3 Å². The number of carbonyl (C=O) groups is 1. The van der Waals surface area contributed by atoms with E-state index >= 15 is 0 Å². The number of aromatic nitrogens is 2. The van der Waals surface area contributed by atoms with Gasteiger partial charge in [-0.05, 0) is 31.7 Å². The molecule has 2 fully saturated rings. The lowest BCUT2D eigenvalue weighted by Gasteiger charge is -2.15. The Morgan fingerprint density at radius 2 is 2.18 bits per heavy atom. The van der Waals surface area contributed by atoms with Gasteiger partial charge in [-0.25, -0.2) is 15.1 Å². The molecule has 0 aliphatic heterocycles. The van der Waals surface area contributed by atoms with Crippen LogP contribution in [0.5, 0.6) is 0 Å². The van der Waals surface area contributed by atoms with E-state index in [0.717, 1.165) is 24.2 Å². The summed E-state index contributed by atoms with van der Waals surface area (Å²) in [6.07, 6.45) is 3.53. The average molecular weight is 527 g/mol. The van der Waals surface area contributed by atoms with Crippen LogP contribution in [0.2, 0.25) is 4.34 Å². The van der Waals surface area contributed by atoms with Crippen molar-refractivity contribution >= 4 is 44.8 Å². The van der Waals surface area contributed by atoms with Gasteiger partial charge in [-0.15, -0.1) is 11.3 Å². The summed E-state index contributed by atoms with van der Waals surface area (Å²) >= 11 is 7.31. The molecule has 182 valence electrons. The van der Waals surface area contributed by atoms with Crippen LogP contribution < -0.4 is 10.5 Å². The number of halogens is 1. The number of anilines is 1. The van der Waals surface area contributed by atoms with Crippen LogP contribution in [0, 0.1) is 23.7 Å². The predicted octanol–water partition coefficient (Wildman–Crippen LogP) is 1.64. The van der Waals surface area contributed by atoms with Crippen LogP contribution >= 0.6 is 22.9 Å². The minimum Gasteiger partial charge on any atom is -0.393 e. The Labute approximate surface area is 205 Å². The van der Waals surface area contributed by atoms with E-state index in [2.05, 4.69) is 31.3 Å². The highest BCUT2D eigenvalue weighted by atomic mass is 35.5. The summed E-state index contributed by atoms with van der Waals surface area (Å²) in [5.74, 6) is 5.53. The number of nitrogens with two attached hydrogens (primary N) is 1. The second-order valence-electron chi connectivity index (χ2n) is 8.34. The van der Waals surface area contributed by atoms with Gasteiger partial charge in [-0.3, -0.25) is 8.98 Å². The molecule has 2 aromatic heterocycles. The first-order valence-electron chi connectivity index (χ1n) is 10.6. The van der Waals surface area contributed by atoms with Gasteiger partial charge in [0.25, 0.3) is 0 Å². The Balaban J connectivity index is 1.47. The lowest BCUT2D eigenvalue weighted by atomic mass is 10.1. The van der Waals surface area contributed by atoms with Crippen molar-refractivity contribution in [2.45, 2.75) is 43.9 Å². The molecule has 0 aromatic carbocycles. The number of hydrogen-bond acceptors (Lipinski definition) is 10. The smallest absolute Gasteiger partial charge is 0.333 e. The van der Waals surface area contributed by atoms with E-state index in [-0.39, 0.29) is 34.1 Å². The van der Waals surface area contributed by atoms with Crippen LogP contribution in [0.3, 0.4) is 0 Å². The van der Waals surface area contributed by atoms with Crippen LogP contribution in [0.4, 0.5) is 5.82 Å². The molecule has 0 radical (unpaired) electrons. The van der Waals surface area contributed by atoms with E-state index in [4.69, 9.17) is 16.7 Å². The molecule has 34 heavy (non-hydrogen) atoms. The number of aliphatic hydroxyl groups excluding tert-OH is 2. The van der Waals surface area contributed by atoms with E-state index in [1.807, 2.05) is 0 Å². The number of aliphatic hydroxyl groups is 2. The summed E-state index contributed by atoms with van der Waals surface area (Å²) in [4.78, 5) is 21.6. The lowest BCUT2D eigenvalue weighted by molar-refractivity contribution is 0.101. The van der Waals surface area contributed by atoms with Crippen molar-refractivity contribution in [1.82, 2.24) is 9.97 Å². The van der Waals surface area contributed by atoms with E-state index in [9.17, 15) is 23.4 Å². The third-order valence-electron chi connectivity index (χ3n) is 5.63. The molecule has 4 rings (SSSR count). The minimum absolute atomic E-state index is 0.198. The maximum absolute atomic E-state index is 13.2. The molecule has 0 bridgehead atoms. The van der Waals surface area contributed by atoms with Gasteiger partial charge in [0.1, 0.15) is 22.6 Å². The lowest BCUT2D eigenvalue weighted by Crippen LogP contribution is -2.24. The molecule has 10 nitrogen and oxygen atoms in total. The van der Waals surface area contributed by atoms with Gasteiger partial charge in [0.2, 0.25) is 5.78 Å². The molecule has 13 heteroatoms. The summed E-state index contributed by atoms with van der Waals surface area (Å²) in [7, 11) is -4.11. The molecule has 0 spiro atoms. The number of ketones is 1. The zero-order chi connectivity index (χ0) is 24.5. The molecule has 0 unspecified atom stereocenters. The first-order chi connectivity index (χ1) is 16.1. The zero-order valence-corrected chi connectivity index (χ0v) is 20.2. The highest BCUT2D eigenvalue weighted by Gasteiger charge is 2.35. The summed E-state index contributed by atoms with van der Waals surface area (Å²) in [5, 5.41) is 28.6. The molecule has 2 saturated carbocycles. The highest BCUT2D eigenvalue weighted by molar-refractivity contribution is 7.84. The summed E-state index contributed by atoms with van der Waals surface area (Å²) in [6.45, 7) is -0.240. The Morgan fingerprint density at radius 3 is 2.88 bits per heavy atom. The number of hydrogen-bond donors (Lipinski definition) is 4. The van der Waals surface area contributed by atoms with Gasteiger partial charge in [0, 0.05) is 29.6 Å². The predicted molar refractivity (Wildman–Crippen MR) is 125 cm³/mol. The maximum atomic E-state index is 13.2. The molecule has 2 aliphatic rings. The Morgan fingerprint density at radius 1 is 1.41 bits per heavy atom. The quantitative estimate of drug-likeness (QED) is 0.295. The summed E-state index contributed by atoms with van der Waals surface area (Å²) < 4.78 is 27.0. The normalized spacial score (nSPS) is 23.2. The molecule has 2 aromatic rings. The monoisotopic (exact) mass is 526 g/mol. The SMILES string of the molecule is NS(=O)(=O)OC[C@H]1C[C@@H](Nc2ncncc2C(=O)c2cc([C@H](O)C#CC3CC3)c(Cl)s2)C[C@@H]1O. The molecule has 0 amide bonds. The van der Waals surface area contributed by atoms with Crippen molar-refractivity contribution in [1.29, 1.82) is 0 Å². The zero-order valence-electron chi connectivity index (χ0n) is 17.8. The summed E-state index contributed by atoms with van der Waals surface area (Å²) in [6, 6.07) is 1.24. The molecule has 2 aliphatic carbocycles. The second kappa shape index (κ2) is 10.2. The Bertz CT molecular complexity index is 1240. The van der Waals surface area contributed by atoms with Crippen LogP contribution in [0.15, 0.2) is 18.6 Å². The molecule has 5 N–H and O–H groups in total. The third kappa shape index (κ3) is 6.31. The minimum atomic E-state index is -4.11.